The molecular weight excluding hydrogens is 334 g/mol. The first kappa shape index (κ1) is 15.9. The number of nitrogens with one attached hydrogen (secondary N) is 1. The molecule has 1 heterocycles. The lowest BCUT2D eigenvalue weighted by Gasteiger charge is -2.23. The monoisotopic (exact) mass is 351 g/mol. The molecule has 2 unspecified atom stereocenters. The van der Waals surface area contributed by atoms with Crippen LogP contribution in [-0.4, -0.2) is 23.0 Å². The fraction of sp³-hybridized carbons (Fsp3) is 0.400. The minimum absolute atomic E-state index is 0.0141. The molecular formula is C15H18BrN3O2. The van der Waals surface area contributed by atoms with E-state index in [1.54, 1.807) is 0 Å². The van der Waals surface area contributed by atoms with Crippen LogP contribution >= 0.6 is 15.9 Å². The largest absolute Gasteiger partial charge is 0.316 e. The number of fused-ring (bicyclic) bond motifs is 1. The van der Waals surface area contributed by atoms with Crippen molar-refractivity contribution in [1.29, 1.82) is 0 Å². The van der Waals surface area contributed by atoms with Gasteiger partial charge in [-0.15, -0.1) is 0 Å². The fourth-order valence-corrected chi connectivity index (χ4v) is 3.17. The molecule has 6 heteroatoms. The van der Waals surface area contributed by atoms with E-state index in [0.29, 0.717) is 0 Å². The van der Waals surface area contributed by atoms with E-state index in [2.05, 4.69) is 33.2 Å². The molecule has 0 saturated carbocycles. The summed E-state index contributed by atoms with van der Waals surface area (Å²) in [7, 11) is 1.88. The second-order valence-corrected chi connectivity index (χ2v) is 5.98. The molecule has 0 radical (unpaired) electrons. The minimum atomic E-state index is -0.346. The number of aromatic nitrogens is 1. The Labute approximate surface area is 132 Å². The number of halogens is 1. The number of benzene rings is 1. The number of hydrogen-bond acceptors (Lipinski definition) is 4. The maximum absolute atomic E-state index is 11.4. The van der Waals surface area contributed by atoms with Gasteiger partial charge in [0.25, 0.3) is 5.69 Å². The summed E-state index contributed by atoms with van der Waals surface area (Å²) in [5, 5.41) is 15.5. The highest BCUT2D eigenvalue weighted by atomic mass is 79.9. The maximum atomic E-state index is 11.4. The lowest BCUT2D eigenvalue weighted by molar-refractivity contribution is -0.385. The number of nitro groups is 1. The van der Waals surface area contributed by atoms with Crippen LogP contribution in [0.15, 0.2) is 28.9 Å². The van der Waals surface area contributed by atoms with Crippen molar-refractivity contribution >= 4 is 32.5 Å². The van der Waals surface area contributed by atoms with E-state index >= 15 is 0 Å². The molecule has 0 aliphatic rings. The van der Waals surface area contributed by atoms with E-state index < -0.39 is 0 Å². The normalized spacial score (nSPS) is 14.1. The first-order chi connectivity index (χ1) is 9.99. The van der Waals surface area contributed by atoms with Gasteiger partial charge in [0.15, 0.2) is 0 Å². The van der Waals surface area contributed by atoms with Crippen molar-refractivity contribution in [1.82, 2.24) is 10.3 Å². The van der Waals surface area contributed by atoms with Crippen LogP contribution in [0.4, 0.5) is 5.69 Å². The van der Waals surface area contributed by atoms with Crippen molar-refractivity contribution < 1.29 is 4.92 Å². The Morgan fingerprint density at radius 1 is 1.48 bits per heavy atom. The number of nitrogens with zero attached hydrogens (tertiary/aromatic N) is 2. The molecule has 0 spiro atoms. The third-order valence-electron chi connectivity index (χ3n) is 3.92. The average molecular weight is 352 g/mol. The zero-order chi connectivity index (χ0) is 15.6. The van der Waals surface area contributed by atoms with Crippen molar-refractivity contribution in [3.8, 4) is 0 Å². The van der Waals surface area contributed by atoms with Crippen molar-refractivity contribution in [3.63, 3.8) is 0 Å². The number of rotatable bonds is 5. The quantitative estimate of drug-likeness (QED) is 0.652. The zero-order valence-corrected chi connectivity index (χ0v) is 13.8. The van der Waals surface area contributed by atoms with E-state index in [0.717, 1.165) is 27.4 Å². The molecule has 0 bridgehead atoms. The summed E-state index contributed by atoms with van der Waals surface area (Å²) in [5.41, 5.74) is 1.60. The summed E-state index contributed by atoms with van der Waals surface area (Å²) in [6.45, 7) is 4.09. The van der Waals surface area contributed by atoms with Gasteiger partial charge in [0.1, 0.15) is 6.20 Å². The number of hydrogen-bond donors (Lipinski definition) is 1. The fourth-order valence-electron chi connectivity index (χ4n) is 2.81. The molecule has 2 atom stereocenters. The second kappa shape index (κ2) is 6.49. The first-order valence-electron chi connectivity index (χ1n) is 6.89. The number of likely N-dealkylation sites (N-methyl/N-ethyl adjacent to an activating group) is 1. The molecule has 0 fully saturated rings. The number of pyridine rings is 1. The summed E-state index contributed by atoms with van der Waals surface area (Å²) >= 11 is 3.44. The van der Waals surface area contributed by atoms with Crippen LogP contribution in [0.1, 0.15) is 31.7 Å². The summed E-state index contributed by atoms with van der Waals surface area (Å²) in [5.74, 6) is 0.0141. The lowest BCUT2D eigenvalue weighted by Crippen LogP contribution is -2.30. The molecule has 1 aromatic heterocycles. The van der Waals surface area contributed by atoms with Gasteiger partial charge in [-0.25, -0.2) is 4.98 Å². The van der Waals surface area contributed by atoms with E-state index in [1.165, 1.54) is 6.20 Å². The molecule has 2 aromatic rings. The molecule has 112 valence electrons. The molecule has 0 aliphatic carbocycles. The third-order valence-corrected chi connectivity index (χ3v) is 4.41. The summed E-state index contributed by atoms with van der Waals surface area (Å²) < 4.78 is 0.892. The molecule has 1 N–H and O–H groups in total. The van der Waals surface area contributed by atoms with Crippen LogP contribution in [0.3, 0.4) is 0 Å². The van der Waals surface area contributed by atoms with Crippen molar-refractivity contribution in [2.45, 2.75) is 32.2 Å². The first-order valence-corrected chi connectivity index (χ1v) is 7.68. The van der Waals surface area contributed by atoms with Gasteiger partial charge in [0, 0.05) is 27.4 Å². The third kappa shape index (κ3) is 3.06. The standard InChI is InChI=1S/C15H18BrN3O2/c1-4-12(17-3)9(2)15-11-7-10(16)5-6-13(11)18-8-14(15)19(20)21/h5-9,12,17H,4H2,1-3H3. The van der Waals surface area contributed by atoms with Crippen molar-refractivity contribution in [2.75, 3.05) is 7.05 Å². The Morgan fingerprint density at radius 3 is 2.76 bits per heavy atom. The van der Waals surface area contributed by atoms with Gasteiger partial charge in [-0.05, 0) is 31.7 Å². The van der Waals surface area contributed by atoms with Crippen molar-refractivity contribution in [2.24, 2.45) is 0 Å². The molecule has 21 heavy (non-hydrogen) atoms. The van der Waals surface area contributed by atoms with Gasteiger partial charge in [-0.2, -0.15) is 0 Å². The highest BCUT2D eigenvalue weighted by molar-refractivity contribution is 9.10. The maximum Gasteiger partial charge on any atom is 0.291 e. The lowest BCUT2D eigenvalue weighted by atomic mass is 9.88. The van der Waals surface area contributed by atoms with Crippen LogP contribution < -0.4 is 5.32 Å². The minimum Gasteiger partial charge on any atom is -0.316 e. The van der Waals surface area contributed by atoms with Crippen molar-refractivity contribution in [3.05, 3.63) is 44.5 Å². The summed E-state index contributed by atoms with van der Waals surface area (Å²) in [6, 6.07) is 5.85. The van der Waals surface area contributed by atoms with E-state index in [-0.39, 0.29) is 22.6 Å². The van der Waals surface area contributed by atoms with E-state index in [1.807, 2.05) is 32.2 Å². The van der Waals surface area contributed by atoms with Gasteiger partial charge in [-0.3, -0.25) is 10.1 Å². The topological polar surface area (TPSA) is 68.1 Å². The van der Waals surface area contributed by atoms with Gasteiger partial charge < -0.3 is 5.32 Å². The predicted molar refractivity (Wildman–Crippen MR) is 87.7 cm³/mol. The molecule has 2 rings (SSSR count). The zero-order valence-electron chi connectivity index (χ0n) is 12.3. The van der Waals surface area contributed by atoms with E-state index in [4.69, 9.17) is 0 Å². The Morgan fingerprint density at radius 2 is 2.19 bits per heavy atom. The van der Waals surface area contributed by atoms with Crippen LogP contribution in [0.5, 0.6) is 0 Å². The smallest absolute Gasteiger partial charge is 0.291 e. The summed E-state index contributed by atoms with van der Waals surface area (Å²) in [6.07, 6.45) is 2.26. The Balaban J connectivity index is 2.74. The van der Waals surface area contributed by atoms with E-state index in [9.17, 15) is 10.1 Å². The average Bonchev–Trinajstić information content (AvgIpc) is 2.46. The van der Waals surface area contributed by atoms with Crippen LogP contribution in [-0.2, 0) is 0 Å². The molecule has 0 aliphatic heterocycles. The summed E-state index contributed by atoms with van der Waals surface area (Å²) in [4.78, 5) is 15.3. The molecule has 0 amide bonds. The molecule has 0 saturated heterocycles. The van der Waals surface area contributed by atoms with Gasteiger partial charge >= 0.3 is 0 Å². The van der Waals surface area contributed by atoms with Crippen LogP contribution in [0.25, 0.3) is 10.9 Å². The van der Waals surface area contributed by atoms with Crippen LogP contribution in [0, 0.1) is 10.1 Å². The van der Waals surface area contributed by atoms with Crippen LogP contribution in [0.2, 0.25) is 0 Å². The SMILES string of the molecule is CCC(NC)C(C)c1c([N+](=O)[O-])cnc2ccc(Br)cc12. The Kier molecular flexibility index (Phi) is 4.90. The predicted octanol–water partition coefficient (Wildman–Crippen LogP) is 4.01. The molecule has 1 aromatic carbocycles. The highest BCUT2D eigenvalue weighted by Crippen LogP contribution is 2.36. The Hall–Kier alpha value is -1.53. The second-order valence-electron chi connectivity index (χ2n) is 5.07. The van der Waals surface area contributed by atoms with Gasteiger partial charge in [0.05, 0.1) is 10.4 Å². The Bertz CT molecular complexity index is 671. The molecule has 5 nitrogen and oxygen atoms in total. The highest BCUT2D eigenvalue weighted by Gasteiger charge is 2.27. The van der Waals surface area contributed by atoms with Gasteiger partial charge in [0.2, 0.25) is 0 Å². The van der Waals surface area contributed by atoms with Gasteiger partial charge in [-0.1, -0.05) is 29.8 Å².